The first kappa shape index (κ1) is 13.1. The van der Waals surface area contributed by atoms with E-state index in [2.05, 4.69) is 17.1 Å². The van der Waals surface area contributed by atoms with Crippen molar-refractivity contribution in [3.8, 4) is 0 Å². The minimum Gasteiger partial charge on any atom is -0.465 e. The van der Waals surface area contributed by atoms with Crippen molar-refractivity contribution in [1.82, 2.24) is 10.2 Å². The number of piperazine rings is 1. The zero-order chi connectivity index (χ0) is 13.1. The summed E-state index contributed by atoms with van der Waals surface area (Å²) in [4.78, 5) is 13.8. The fourth-order valence-corrected chi connectivity index (χ4v) is 2.31. The Morgan fingerprint density at radius 2 is 2.44 bits per heavy atom. The standard InChI is InChI=1S/C13H20N2O3/c1-9-7-15(5-4-14-9)8-11-6-12(10(2)18-11)13(16)17-3/h6,9,14H,4-5,7-8H2,1-3H3/t9-/m1/s1. The molecule has 0 unspecified atom stereocenters. The summed E-state index contributed by atoms with van der Waals surface area (Å²) in [6.45, 7) is 7.68. The maximum Gasteiger partial charge on any atom is 0.341 e. The quantitative estimate of drug-likeness (QED) is 0.818. The molecule has 0 amide bonds. The summed E-state index contributed by atoms with van der Waals surface area (Å²) in [6, 6.07) is 2.28. The molecule has 1 aliphatic heterocycles. The summed E-state index contributed by atoms with van der Waals surface area (Å²) in [6.07, 6.45) is 0. The predicted molar refractivity (Wildman–Crippen MR) is 67.5 cm³/mol. The number of aryl methyl sites for hydroxylation is 1. The Morgan fingerprint density at radius 3 is 3.11 bits per heavy atom. The van der Waals surface area contributed by atoms with Crippen LogP contribution in [0.25, 0.3) is 0 Å². The highest BCUT2D eigenvalue weighted by Gasteiger charge is 2.20. The van der Waals surface area contributed by atoms with Crippen molar-refractivity contribution < 1.29 is 13.9 Å². The zero-order valence-electron chi connectivity index (χ0n) is 11.2. The first-order valence-corrected chi connectivity index (χ1v) is 6.23. The Hall–Kier alpha value is -1.33. The molecule has 18 heavy (non-hydrogen) atoms. The summed E-state index contributed by atoms with van der Waals surface area (Å²) in [7, 11) is 1.38. The maximum absolute atomic E-state index is 11.5. The maximum atomic E-state index is 11.5. The molecule has 0 bridgehead atoms. The average molecular weight is 252 g/mol. The number of esters is 1. The van der Waals surface area contributed by atoms with Crippen molar-refractivity contribution in [1.29, 1.82) is 0 Å². The van der Waals surface area contributed by atoms with Gasteiger partial charge < -0.3 is 14.5 Å². The Morgan fingerprint density at radius 1 is 1.67 bits per heavy atom. The average Bonchev–Trinajstić information content (AvgIpc) is 2.69. The van der Waals surface area contributed by atoms with E-state index in [1.165, 1.54) is 7.11 Å². The molecule has 5 nitrogen and oxygen atoms in total. The number of carbonyl (C=O) groups excluding carboxylic acids is 1. The highest BCUT2D eigenvalue weighted by atomic mass is 16.5. The van der Waals surface area contributed by atoms with Crippen LogP contribution in [0, 0.1) is 6.92 Å². The molecule has 2 rings (SSSR count). The van der Waals surface area contributed by atoms with Crippen LogP contribution < -0.4 is 5.32 Å². The van der Waals surface area contributed by atoms with Gasteiger partial charge in [-0.05, 0) is 19.9 Å². The number of nitrogens with one attached hydrogen (secondary N) is 1. The van der Waals surface area contributed by atoms with E-state index in [1.54, 1.807) is 13.0 Å². The van der Waals surface area contributed by atoms with E-state index < -0.39 is 0 Å². The SMILES string of the molecule is COC(=O)c1cc(CN2CCN[C@H](C)C2)oc1C. The van der Waals surface area contributed by atoms with Crippen molar-refractivity contribution in [2.24, 2.45) is 0 Å². The Balaban J connectivity index is 2.03. The van der Waals surface area contributed by atoms with Crippen LogP contribution in [0.2, 0.25) is 0 Å². The molecule has 1 aromatic rings. The number of methoxy groups -OCH3 is 1. The van der Waals surface area contributed by atoms with Crippen LogP contribution in [-0.4, -0.2) is 43.7 Å². The molecular weight excluding hydrogens is 232 g/mol. The topological polar surface area (TPSA) is 54.7 Å². The highest BCUT2D eigenvalue weighted by molar-refractivity contribution is 5.90. The summed E-state index contributed by atoms with van der Waals surface area (Å²) in [5, 5.41) is 3.40. The molecule has 1 aliphatic rings. The van der Waals surface area contributed by atoms with Gasteiger partial charge in [-0.25, -0.2) is 4.79 Å². The number of ether oxygens (including phenoxy) is 1. The first-order valence-electron chi connectivity index (χ1n) is 6.23. The van der Waals surface area contributed by atoms with Gasteiger partial charge in [-0.1, -0.05) is 0 Å². The Bertz CT molecular complexity index is 428. The molecule has 1 fully saturated rings. The van der Waals surface area contributed by atoms with E-state index in [4.69, 9.17) is 9.15 Å². The van der Waals surface area contributed by atoms with E-state index in [-0.39, 0.29) is 5.97 Å². The normalized spacial score (nSPS) is 20.9. The van der Waals surface area contributed by atoms with Crippen LogP contribution in [0.5, 0.6) is 0 Å². The highest BCUT2D eigenvalue weighted by Crippen LogP contribution is 2.17. The zero-order valence-corrected chi connectivity index (χ0v) is 11.2. The number of hydrogen-bond acceptors (Lipinski definition) is 5. The second-order valence-corrected chi connectivity index (χ2v) is 4.76. The van der Waals surface area contributed by atoms with Gasteiger partial charge in [0.25, 0.3) is 0 Å². The predicted octanol–water partition coefficient (Wildman–Crippen LogP) is 1.17. The number of furan rings is 1. The molecule has 0 aliphatic carbocycles. The third-order valence-electron chi connectivity index (χ3n) is 3.21. The van der Waals surface area contributed by atoms with E-state index in [0.717, 1.165) is 31.9 Å². The van der Waals surface area contributed by atoms with Crippen LogP contribution in [0.1, 0.15) is 28.8 Å². The van der Waals surface area contributed by atoms with Gasteiger partial charge in [0.15, 0.2) is 0 Å². The summed E-state index contributed by atoms with van der Waals surface area (Å²) >= 11 is 0. The summed E-state index contributed by atoms with van der Waals surface area (Å²) in [5.41, 5.74) is 0.524. The van der Waals surface area contributed by atoms with Gasteiger partial charge in [0.05, 0.1) is 13.7 Å². The molecule has 1 atom stereocenters. The van der Waals surface area contributed by atoms with Crippen LogP contribution in [-0.2, 0) is 11.3 Å². The van der Waals surface area contributed by atoms with Gasteiger partial charge in [-0.15, -0.1) is 0 Å². The molecule has 0 saturated carbocycles. The monoisotopic (exact) mass is 252 g/mol. The number of carbonyl (C=O) groups is 1. The minimum absolute atomic E-state index is 0.337. The van der Waals surface area contributed by atoms with Crippen molar-refractivity contribution in [2.75, 3.05) is 26.7 Å². The van der Waals surface area contributed by atoms with Gasteiger partial charge >= 0.3 is 5.97 Å². The van der Waals surface area contributed by atoms with E-state index in [9.17, 15) is 4.79 Å². The van der Waals surface area contributed by atoms with Crippen LogP contribution in [0.15, 0.2) is 10.5 Å². The number of nitrogens with zero attached hydrogens (tertiary/aromatic N) is 1. The molecule has 0 radical (unpaired) electrons. The van der Waals surface area contributed by atoms with Gasteiger partial charge in [0.2, 0.25) is 0 Å². The lowest BCUT2D eigenvalue weighted by Crippen LogP contribution is -2.48. The van der Waals surface area contributed by atoms with E-state index in [1.807, 2.05) is 0 Å². The third kappa shape index (κ3) is 2.91. The van der Waals surface area contributed by atoms with E-state index >= 15 is 0 Å². The Labute approximate surface area is 107 Å². The fourth-order valence-electron chi connectivity index (χ4n) is 2.31. The van der Waals surface area contributed by atoms with Gasteiger partial charge in [0.1, 0.15) is 17.1 Å². The minimum atomic E-state index is -0.337. The van der Waals surface area contributed by atoms with Gasteiger partial charge in [0, 0.05) is 25.7 Å². The Kier molecular flexibility index (Phi) is 4.04. The number of hydrogen-bond donors (Lipinski definition) is 1. The summed E-state index contributed by atoms with van der Waals surface area (Å²) in [5.74, 6) is 1.11. The first-order chi connectivity index (χ1) is 8.60. The molecule has 1 aromatic heterocycles. The molecule has 5 heteroatoms. The smallest absolute Gasteiger partial charge is 0.341 e. The van der Waals surface area contributed by atoms with E-state index in [0.29, 0.717) is 17.4 Å². The lowest BCUT2D eigenvalue weighted by Gasteiger charge is -2.31. The number of rotatable bonds is 3. The molecule has 2 heterocycles. The van der Waals surface area contributed by atoms with Crippen LogP contribution in [0.4, 0.5) is 0 Å². The summed E-state index contributed by atoms with van der Waals surface area (Å²) < 4.78 is 10.3. The second kappa shape index (κ2) is 5.54. The third-order valence-corrected chi connectivity index (χ3v) is 3.21. The van der Waals surface area contributed by atoms with Crippen molar-refractivity contribution >= 4 is 5.97 Å². The largest absolute Gasteiger partial charge is 0.465 e. The van der Waals surface area contributed by atoms with Crippen molar-refractivity contribution in [3.63, 3.8) is 0 Å². The van der Waals surface area contributed by atoms with Crippen molar-refractivity contribution in [2.45, 2.75) is 26.4 Å². The van der Waals surface area contributed by atoms with Gasteiger partial charge in [-0.3, -0.25) is 4.90 Å². The van der Waals surface area contributed by atoms with Crippen LogP contribution >= 0.6 is 0 Å². The lowest BCUT2D eigenvalue weighted by molar-refractivity contribution is 0.0599. The fraction of sp³-hybridized carbons (Fsp3) is 0.615. The van der Waals surface area contributed by atoms with Crippen LogP contribution in [0.3, 0.4) is 0 Å². The molecule has 100 valence electrons. The second-order valence-electron chi connectivity index (χ2n) is 4.76. The molecule has 0 aromatic carbocycles. The molecular formula is C13H20N2O3. The molecule has 0 spiro atoms. The molecule has 1 N–H and O–H groups in total. The molecule has 1 saturated heterocycles. The lowest BCUT2D eigenvalue weighted by atomic mass is 10.2. The van der Waals surface area contributed by atoms with Gasteiger partial charge in [-0.2, -0.15) is 0 Å². The van der Waals surface area contributed by atoms with Crippen molar-refractivity contribution in [3.05, 3.63) is 23.2 Å².